The van der Waals surface area contributed by atoms with Crippen molar-refractivity contribution in [3.63, 3.8) is 0 Å². The fourth-order valence-electron chi connectivity index (χ4n) is 5.98. The number of hydrogen-bond acceptors (Lipinski definition) is 6. The highest BCUT2D eigenvalue weighted by Crippen LogP contribution is 2.67. The first-order valence-electron chi connectivity index (χ1n) is 9.69. The second kappa shape index (κ2) is 6.30. The lowest BCUT2D eigenvalue weighted by Crippen LogP contribution is -2.61. The number of carbonyl (C=O) groups excluding carboxylic acids is 1. The maximum Gasteiger partial charge on any atom is 0.330 e. The molecule has 5 atom stereocenters. The summed E-state index contributed by atoms with van der Waals surface area (Å²) in [5, 5.41) is 0. The lowest BCUT2D eigenvalue weighted by Gasteiger charge is -2.57. The van der Waals surface area contributed by atoms with Crippen LogP contribution in [0.5, 0.6) is 0 Å². The van der Waals surface area contributed by atoms with Gasteiger partial charge >= 0.3 is 5.97 Å². The Morgan fingerprint density at radius 2 is 1.92 bits per heavy atom. The predicted octanol–water partition coefficient (Wildman–Crippen LogP) is 2.66. The van der Waals surface area contributed by atoms with Gasteiger partial charge in [0, 0.05) is 36.4 Å². The molecule has 0 amide bonds. The summed E-state index contributed by atoms with van der Waals surface area (Å²) in [5.41, 5.74) is -0.513. The normalized spacial score (nSPS) is 43.4. The van der Waals surface area contributed by atoms with Gasteiger partial charge in [0.15, 0.2) is 12.1 Å². The van der Waals surface area contributed by atoms with Crippen LogP contribution in [0.1, 0.15) is 40.0 Å². The topological polar surface area (TPSA) is 63.2 Å². The smallest absolute Gasteiger partial charge is 0.330 e. The van der Waals surface area contributed by atoms with Gasteiger partial charge in [0.05, 0.1) is 25.9 Å². The molecule has 4 aliphatic rings. The molecule has 4 fully saturated rings. The standard InChI is InChI=1S/C20H30O6/c1-13-14(6-7-16(21)22-4)19-8-5-9-23-17(19)26-18(2,3)15(19)12-20(13)24-10-11-25-20/h6-7,13-15,17H,5,8-12H2,1-4H3/b7-6+/t13-,14+,15+,17+,19+/m1/s1. The van der Waals surface area contributed by atoms with Gasteiger partial charge in [-0.2, -0.15) is 0 Å². The number of carbonyl (C=O) groups is 1. The molecule has 3 aliphatic heterocycles. The Morgan fingerprint density at radius 3 is 2.62 bits per heavy atom. The van der Waals surface area contributed by atoms with E-state index in [0.717, 1.165) is 25.9 Å². The highest BCUT2D eigenvalue weighted by atomic mass is 16.7. The fourth-order valence-corrected chi connectivity index (χ4v) is 5.98. The number of rotatable bonds is 2. The minimum absolute atomic E-state index is 0.0468. The molecule has 6 heteroatoms. The molecule has 6 nitrogen and oxygen atoms in total. The van der Waals surface area contributed by atoms with Gasteiger partial charge in [-0.25, -0.2) is 4.79 Å². The van der Waals surface area contributed by atoms with Gasteiger partial charge in [-0.3, -0.25) is 0 Å². The lowest BCUT2D eigenvalue weighted by molar-refractivity contribution is -0.276. The Balaban J connectivity index is 1.80. The number of allylic oxidation sites excluding steroid dienone is 1. The Kier molecular flexibility index (Phi) is 4.46. The third-order valence-corrected chi connectivity index (χ3v) is 7.12. The van der Waals surface area contributed by atoms with E-state index in [1.807, 2.05) is 6.08 Å². The van der Waals surface area contributed by atoms with E-state index < -0.39 is 5.79 Å². The van der Waals surface area contributed by atoms with Gasteiger partial charge in [-0.1, -0.05) is 13.0 Å². The van der Waals surface area contributed by atoms with E-state index in [1.165, 1.54) is 13.2 Å². The van der Waals surface area contributed by atoms with Gasteiger partial charge in [0.1, 0.15) is 0 Å². The molecule has 0 aromatic rings. The first kappa shape index (κ1) is 18.4. The first-order valence-corrected chi connectivity index (χ1v) is 9.69. The zero-order chi connectivity index (χ0) is 18.6. The van der Waals surface area contributed by atoms with Crippen molar-refractivity contribution in [2.45, 2.75) is 57.7 Å². The van der Waals surface area contributed by atoms with Gasteiger partial charge in [-0.15, -0.1) is 0 Å². The Labute approximate surface area is 155 Å². The molecule has 3 heterocycles. The van der Waals surface area contributed by atoms with Crippen LogP contribution in [0.4, 0.5) is 0 Å². The zero-order valence-electron chi connectivity index (χ0n) is 16.2. The molecule has 0 radical (unpaired) electrons. The van der Waals surface area contributed by atoms with Gasteiger partial charge < -0.3 is 23.7 Å². The molecule has 26 heavy (non-hydrogen) atoms. The van der Waals surface area contributed by atoms with Crippen LogP contribution in [0.3, 0.4) is 0 Å². The van der Waals surface area contributed by atoms with Crippen LogP contribution >= 0.6 is 0 Å². The summed E-state index contributed by atoms with van der Waals surface area (Å²) < 4.78 is 29.7. The van der Waals surface area contributed by atoms with Crippen LogP contribution in [0.25, 0.3) is 0 Å². The van der Waals surface area contributed by atoms with Gasteiger partial charge in [0.25, 0.3) is 0 Å². The molecule has 2 spiro atoms. The minimum atomic E-state index is -0.617. The van der Waals surface area contributed by atoms with Crippen LogP contribution in [0.2, 0.25) is 0 Å². The maximum atomic E-state index is 11.8. The molecule has 146 valence electrons. The minimum Gasteiger partial charge on any atom is -0.466 e. The van der Waals surface area contributed by atoms with Crippen LogP contribution in [0.15, 0.2) is 12.2 Å². The second-order valence-corrected chi connectivity index (χ2v) is 8.60. The van der Waals surface area contributed by atoms with Crippen molar-refractivity contribution in [3.05, 3.63) is 12.2 Å². The summed E-state index contributed by atoms with van der Waals surface area (Å²) in [6.07, 6.45) is 6.08. The largest absolute Gasteiger partial charge is 0.466 e. The lowest BCUT2D eigenvalue weighted by atomic mass is 9.50. The highest BCUT2D eigenvalue weighted by Gasteiger charge is 2.71. The van der Waals surface area contributed by atoms with Crippen molar-refractivity contribution in [1.29, 1.82) is 0 Å². The van der Waals surface area contributed by atoms with Crippen LogP contribution in [-0.2, 0) is 28.5 Å². The summed E-state index contributed by atoms with van der Waals surface area (Å²) in [6, 6.07) is 0. The molecule has 1 saturated carbocycles. The number of hydrogen-bond donors (Lipinski definition) is 0. The van der Waals surface area contributed by atoms with Gasteiger partial charge in [0.2, 0.25) is 0 Å². The molecule has 0 N–H and O–H groups in total. The number of ether oxygens (including phenoxy) is 5. The molecule has 0 aromatic carbocycles. The molecule has 0 bridgehead atoms. The van der Waals surface area contributed by atoms with Crippen LogP contribution < -0.4 is 0 Å². The summed E-state index contributed by atoms with van der Waals surface area (Å²) in [4.78, 5) is 11.8. The van der Waals surface area contributed by atoms with E-state index in [1.54, 1.807) is 0 Å². The first-order chi connectivity index (χ1) is 12.4. The van der Waals surface area contributed by atoms with Crippen LogP contribution in [-0.4, -0.2) is 50.6 Å². The second-order valence-electron chi connectivity index (χ2n) is 8.60. The van der Waals surface area contributed by atoms with Crippen molar-refractivity contribution >= 4 is 5.97 Å². The predicted molar refractivity (Wildman–Crippen MR) is 93.1 cm³/mol. The summed E-state index contributed by atoms with van der Waals surface area (Å²) in [6.45, 7) is 8.38. The van der Waals surface area contributed by atoms with Crippen molar-refractivity contribution in [2.75, 3.05) is 26.9 Å². The molecule has 1 aliphatic carbocycles. The number of methoxy groups -OCH3 is 1. The quantitative estimate of drug-likeness (QED) is 0.553. The van der Waals surface area contributed by atoms with E-state index in [0.29, 0.717) is 13.2 Å². The van der Waals surface area contributed by atoms with Crippen molar-refractivity contribution < 1.29 is 28.5 Å². The van der Waals surface area contributed by atoms with E-state index in [4.69, 9.17) is 23.7 Å². The van der Waals surface area contributed by atoms with Crippen LogP contribution in [0, 0.1) is 23.2 Å². The molecule has 0 unspecified atom stereocenters. The van der Waals surface area contributed by atoms with Crippen molar-refractivity contribution in [1.82, 2.24) is 0 Å². The Morgan fingerprint density at radius 1 is 1.19 bits per heavy atom. The van der Waals surface area contributed by atoms with Crippen molar-refractivity contribution in [3.8, 4) is 0 Å². The third kappa shape index (κ3) is 2.49. The zero-order valence-corrected chi connectivity index (χ0v) is 16.2. The number of esters is 1. The fraction of sp³-hybridized carbons (Fsp3) is 0.850. The summed E-state index contributed by atoms with van der Waals surface area (Å²) in [7, 11) is 1.40. The maximum absolute atomic E-state index is 11.8. The molecular formula is C20H30O6. The highest BCUT2D eigenvalue weighted by molar-refractivity contribution is 5.81. The van der Waals surface area contributed by atoms with E-state index in [-0.39, 0.29) is 41.0 Å². The molecule has 3 saturated heterocycles. The van der Waals surface area contributed by atoms with E-state index >= 15 is 0 Å². The average molecular weight is 366 g/mol. The Hall–Kier alpha value is -0.950. The van der Waals surface area contributed by atoms with Crippen molar-refractivity contribution in [2.24, 2.45) is 23.2 Å². The average Bonchev–Trinajstić information content (AvgIpc) is 3.17. The monoisotopic (exact) mass is 366 g/mol. The van der Waals surface area contributed by atoms with E-state index in [9.17, 15) is 4.79 Å². The third-order valence-electron chi connectivity index (χ3n) is 7.12. The Bertz CT molecular complexity index is 593. The molecular weight excluding hydrogens is 336 g/mol. The van der Waals surface area contributed by atoms with E-state index in [2.05, 4.69) is 20.8 Å². The summed E-state index contributed by atoms with van der Waals surface area (Å²) >= 11 is 0. The molecule has 4 rings (SSSR count). The summed E-state index contributed by atoms with van der Waals surface area (Å²) in [5.74, 6) is -0.602. The SMILES string of the molecule is COC(=O)/C=C/[C@H]1[C@@H](C)C2(C[C@H]3C(C)(C)O[C@@H]4OCCC[C@]413)OCCO2. The molecule has 0 aromatic heterocycles. The van der Waals surface area contributed by atoms with Gasteiger partial charge in [-0.05, 0) is 32.6 Å².